The van der Waals surface area contributed by atoms with Crippen molar-refractivity contribution in [3.63, 3.8) is 0 Å². The van der Waals surface area contributed by atoms with Crippen LogP contribution in [0.5, 0.6) is 0 Å². The first-order valence-corrected chi connectivity index (χ1v) is 8.37. The van der Waals surface area contributed by atoms with Gasteiger partial charge in [-0.3, -0.25) is 9.59 Å². The van der Waals surface area contributed by atoms with E-state index >= 15 is 0 Å². The third-order valence-corrected chi connectivity index (χ3v) is 4.39. The Labute approximate surface area is 141 Å². The third kappa shape index (κ3) is 5.08. The van der Waals surface area contributed by atoms with Crippen LogP contribution in [0, 0.1) is 5.92 Å². The number of amides is 2. The summed E-state index contributed by atoms with van der Waals surface area (Å²) in [5, 5.41) is 14.4. The smallest absolute Gasteiger partial charge is 0.335 e. The molecule has 1 atom stereocenters. The molecule has 6 nitrogen and oxygen atoms in total. The van der Waals surface area contributed by atoms with Crippen LogP contribution in [0.4, 0.5) is 0 Å². The van der Waals surface area contributed by atoms with E-state index in [1.165, 1.54) is 0 Å². The van der Waals surface area contributed by atoms with Crippen LogP contribution < -0.4 is 10.6 Å². The van der Waals surface area contributed by atoms with Crippen LogP contribution in [0.25, 0.3) is 0 Å². The predicted octanol–water partition coefficient (Wildman–Crippen LogP) is 1.74. The summed E-state index contributed by atoms with van der Waals surface area (Å²) in [6.07, 6.45) is 4.59. The van der Waals surface area contributed by atoms with Crippen LogP contribution in [0.15, 0.2) is 24.3 Å². The van der Waals surface area contributed by atoms with Crippen molar-refractivity contribution in [2.24, 2.45) is 5.92 Å². The van der Waals surface area contributed by atoms with Gasteiger partial charge in [-0.15, -0.1) is 0 Å². The fourth-order valence-electron chi connectivity index (χ4n) is 2.88. The molecule has 0 bridgehead atoms. The fraction of sp³-hybridized carbons (Fsp3) is 0.500. The Kier molecular flexibility index (Phi) is 6.35. The number of carboxylic acids is 1. The minimum Gasteiger partial charge on any atom is -0.478 e. The van der Waals surface area contributed by atoms with Crippen molar-refractivity contribution in [3.05, 3.63) is 35.4 Å². The van der Waals surface area contributed by atoms with Gasteiger partial charge in [0.05, 0.1) is 5.56 Å². The average Bonchev–Trinajstić information content (AvgIpc) is 3.09. The van der Waals surface area contributed by atoms with Crippen molar-refractivity contribution in [2.45, 2.75) is 45.1 Å². The molecule has 0 spiro atoms. The SMILES string of the molecule is CC(NC(=O)C1CCCC1)C(=O)NCCc1ccc(C(=O)O)cc1. The largest absolute Gasteiger partial charge is 0.478 e. The second-order valence-electron chi connectivity index (χ2n) is 6.25. The van der Waals surface area contributed by atoms with Crippen LogP contribution in [0.3, 0.4) is 0 Å². The molecule has 1 aliphatic carbocycles. The van der Waals surface area contributed by atoms with Crippen molar-refractivity contribution in [1.29, 1.82) is 0 Å². The van der Waals surface area contributed by atoms with Crippen LogP contribution in [-0.2, 0) is 16.0 Å². The molecule has 1 fully saturated rings. The number of aromatic carboxylic acids is 1. The van der Waals surface area contributed by atoms with Gasteiger partial charge in [-0.25, -0.2) is 4.79 Å². The van der Waals surface area contributed by atoms with Crippen molar-refractivity contribution in [1.82, 2.24) is 10.6 Å². The number of carbonyl (C=O) groups is 3. The van der Waals surface area contributed by atoms with Gasteiger partial charge in [0.15, 0.2) is 0 Å². The summed E-state index contributed by atoms with van der Waals surface area (Å²) in [5.74, 6) is -1.14. The lowest BCUT2D eigenvalue weighted by molar-refractivity contribution is -0.130. The summed E-state index contributed by atoms with van der Waals surface area (Å²) in [4.78, 5) is 34.8. The van der Waals surface area contributed by atoms with E-state index in [1.807, 2.05) is 0 Å². The average molecular weight is 332 g/mol. The molecule has 24 heavy (non-hydrogen) atoms. The van der Waals surface area contributed by atoms with Crippen molar-refractivity contribution in [3.8, 4) is 0 Å². The van der Waals surface area contributed by atoms with E-state index in [1.54, 1.807) is 31.2 Å². The van der Waals surface area contributed by atoms with Gasteiger partial charge in [0.1, 0.15) is 6.04 Å². The summed E-state index contributed by atoms with van der Waals surface area (Å²) in [6, 6.07) is 6.02. The van der Waals surface area contributed by atoms with Crippen LogP contribution >= 0.6 is 0 Å². The highest BCUT2D eigenvalue weighted by Crippen LogP contribution is 2.24. The van der Waals surface area contributed by atoms with Crippen LogP contribution in [-0.4, -0.2) is 35.5 Å². The Morgan fingerprint density at radius 1 is 1.17 bits per heavy atom. The molecule has 0 aromatic heterocycles. The van der Waals surface area contributed by atoms with E-state index < -0.39 is 12.0 Å². The molecule has 0 heterocycles. The summed E-state index contributed by atoms with van der Waals surface area (Å²) < 4.78 is 0. The van der Waals surface area contributed by atoms with Gasteiger partial charge in [-0.05, 0) is 43.9 Å². The van der Waals surface area contributed by atoms with E-state index in [0.717, 1.165) is 31.2 Å². The number of carboxylic acid groups (broad SMARTS) is 1. The standard InChI is InChI=1S/C18H24N2O4/c1-12(20-17(22)14-4-2-3-5-14)16(21)19-11-10-13-6-8-15(9-7-13)18(23)24/h6-9,12,14H,2-5,10-11H2,1H3,(H,19,21)(H,20,22)(H,23,24). The lowest BCUT2D eigenvalue weighted by Gasteiger charge is -2.16. The quantitative estimate of drug-likeness (QED) is 0.709. The summed E-state index contributed by atoms with van der Waals surface area (Å²) in [7, 11) is 0. The molecule has 0 aliphatic heterocycles. The number of nitrogens with one attached hydrogen (secondary N) is 2. The second-order valence-corrected chi connectivity index (χ2v) is 6.25. The molecule has 0 radical (unpaired) electrons. The number of hydrogen-bond donors (Lipinski definition) is 3. The zero-order valence-electron chi connectivity index (χ0n) is 13.9. The first kappa shape index (κ1) is 18.0. The molecule has 1 aliphatic rings. The molecule has 2 amide bonds. The van der Waals surface area contributed by atoms with E-state index in [9.17, 15) is 14.4 Å². The van der Waals surface area contributed by atoms with E-state index in [0.29, 0.717) is 13.0 Å². The molecule has 1 saturated carbocycles. The number of benzene rings is 1. The van der Waals surface area contributed by atoms with Gasteiger partial charge in [0.2, 0.25) is 11.8 Å². The first-order valence-electron chi connectivity index (χ1n) is 8.37. The normalized spacial score (nSPS) is 15.7. The summed E-state index contributed by atoms with van der Waals surface area (Å²) >= 11 is 0. The van der Waals surface area contributed by atoms with Crippen molar-refractivity contribution < 1.29 is 19.5 Å². The minimum absolute atomic E-state index is 0.0283. The highest BCUT2D eigenvalue weighted by atomic mass is 16.4. The summed E-state index contributed by atoms with van der Waals surface area (Å²) in [5.41, 5.74) is 1.19. The van der Waals surface area contributed by atoms with Gasteiger partial charge in [0, 0.05) is 12.5 Å². The summed E-state index contributed by atoms with van der Waals surface area (Å²) in [6.45, 7) is 2.12. The van der Waals surface area contributed by atoms with Gasteiger partial charge in [-0.1, -0.05) is 25.0 Å². The Morgan fingerprint density at radius 3 is 2.38 bits per heavy atom. The van der Waals surface area contributed by atoms with Crippen molar-refractivity contribution in [2.75, 3.05) is 6.54 Å². The molecule has 3 N–H and O–H groups in total. The maximum Gasteiger partial charge on any atom is 0.335 e. The Hall–Kier alpha value is -2.37. The van der Waals surface area contributed by atoms with Crippen LogP contribution in [0.1, 0.15) is 48.5 Å². The molecule has 6 heteroatoms. The van der Waals surface area contributed by atoms with Crippen molar-refractivity contribution >= 4 is 17.8 Å². The Morgan fingerprint density at radius 2 is 1.79 bits per heavy atom. The van der Waals surface area contributed by atoms with Crippen LogP contribution in [0.2, 0.25) is 0 Å². The molecular weight excluding hydrogens is 308 g/mol. The number of rotatable bonds is 7. The van der Waals surface area contributed by atoms with E-state index in [2.05, 4.69) is 10.6 Å². The Bertz CT molecular complexity index is 592. The van der Waals surface area contributed by atoms with Gasteiger partial charge >= 0.3 is 5.97 Å². The lowest BCUT2D eigenvalue weighted by Crippen LogP contribution is -2.46. The molecule has 1 aromatic rings. The monoisotopic (exact) mass is 332 g/mol. The molecule has 1 aromatic carbocycles. The fourth-order valence-corrected chi connectivity index (χ4v) is 2.88. The van der Waals surface area contributed by atoms with E-state index in [4.69, 9.17) is 5.11 Å². The van der Waals surface area contributed by atoms with Gasteiger partial charge in [-0.2, -0.15) is 0 Å². The van der Waals surface area contributed by atoms with Gasteiger partial charge in [0.25, 0.3) is 0 Å². The zero-order chi connectivity index (χ0) is 17.5. The molecule has 130 valence electrons. The second kappa shape index (κ2) is 8.47. The third-order valence-electron chi connectivity index (χ3n) is 4.39. The van der Waals surface area contributed by atoms with E-state index in [-0.39, 0.29) is 23.3 Å². The molecule has 0 saturated heterocycles. The molecule has 1 unspecified atom stereocenters. The maximum atomic E-state index is 12.0. The zero-order valence-corrected chi connectivity index (χ0v) is 13.9. The maximum absolute atomic E-state index is 12.0. The lowest BCUT2D eigenvalue weighted by atomic mass is 10.1. The predicted molar refractivity (Wildman–Crippen MR) is 89.7 cm³/mol. The first-order chi connectivity index (χ1) is 11.5. The highest BCUT2D eigenvalue weighted by molar-refractivity contribution is 5.88. The highest BCUT2D eigenvalue weighted by Gasteiger charge is 2.25. The van der Waals surface area contributed by atoms with Gasteiger partial charge < -0.3 is 15.7 Å². The molecular formula is C18H24N2O4. The number of carbonyl (C=O) groups excluding carboxylic acids is 2. The number of hydrogen-bond acceptors (Lipinski definition) is 3. The Balaban J connectivity index is 1.71. The molecule has 2 rings (SSSR count). The topological polar surface area (TPSA) is 95.5 Å². The minimum atomic E-state index is -0.957.